The fraction of sp³-hybridized carbons (Fsp3) is 0.381. The van der Waals surface area contributed by atoms with Crippen LogP contribution in [0, 0.1) is 11.6 Å². The lowest BCUT2D eigenvalue weighted by molar-refractivity contribution is -0.121. The Bertz CT molecular complexity index is 995. The normalized spacial score (nSPS) is 13.0. The summed E-state index contributed by atoms with van der Waals surface area (Å²) in [6, 6.07) is 9.83. The van der Waals surface area contributed by atoms with E-state index in [0.29, 0.717) is 0 Å². The molecular weight excluding hydrogens is 430 g/mol. The van der Waals surface area contributed by atoms with Gasteiger partial charge in [-0.2, -0.15) is 12.6 Å². The van der Waals surface area contributed by atoms with Crippen LogP contribution in [0.3, 0.4) is 0 Å². The number of anilines is 1. The summed E-state index contributed by atoms with van der Waals surface area (Å²) in [6.45, 7) is 6.24. The number of nitrogens with one attached hydrogen (secondary N) is 2. The Morgan fingerprint density at radius 3 is 2.10 bits per heavy atom. The van der Waals surface area contributed by atoms with E-state index in [1.807, 2.05) is 24.3 Å². The van der Waals surface area contributed by atoms with Gasteiger partial charge < -0.3 is 5.32 Å². The van der Waals surface area contributed by atoms with Gasteiger partial charge in [0.25, 0.3) is 0 Å². The zero-order valence-corrected chi connectivity index (χ0v) is 19.0. The van der Waals surface area contributed by atoms with Gasteiger partial charge in [0.05, 0.1) is 6.26 Å². The van der Waals surface area contributed by atoms with Crippen molar-refractivity contribution in [1.82, 2.24) is 5.32 Å². The van der Waals surface area contributed by atoms with Crippen LogP contribution >= 0.6 is 12.6 Å². The topological polar surface area (TPSA) is 75.3 Å². The van der Waals surface area contributed by atoms with Gasteiger partial charge in [0.15, 0.2) is 11.6 Å². The highest BCUT2D eigenvalue weighted by Crippen LogP contribution is 2.28. The average molecular weight is 457 g/mol. The molecule has 0 fully saturated rings. The minimum atomic E-state index is -3.82. The van der Waals surface area contributed by atoms with Crippen LogP contribution in [0.25, 0.3) is 0 Å². The second-order valence-electron chi connectivity index (χ2n) is 8.18. The molecule has 0 spiro atoms. The monoisotopic (exact) mass is 456 g/mol. The van der Waals surface area contributed by atoms with Crippen molar-refractivity contribution in [2.45, 2.75) is 44.4 Å². The number of thiol groups is 1. The lowest BCUT2D eigenvalue weighted by Crippen LogP contribution is -2.24. The predicted molar refractivity (Wildman–Crippen MR) is 118 cm³/mol. The molecule has 0 saturated carbocycles. The maximum Gasteiger partial charge on any atom is 0.230 e. The molecule has 1 unspecified atom stereocenters. The van der Waals surface area contributed by atoms with E-state index >= 15 is 0 Å². The van der Waals surface area contributed by atoms with Crippen LogP contribution in [0.1, 0.15) is 49.1 Å². The molecule has 2 aromatic carbocycles. The molecule has 2 N–H and O–H groups in total. The lowest BCUT2D eigenvalue weighted by Gasteiger charge is -2.20. The van der Waals surface area contributed by atoms with Crippen molar-refractivity contribution >= 4 is 34.2 Å². The predicted octanol–water partition coefficient (Wildman–Crippen LogP) is 4.31. The van der Waals surface area contributed by atoms with Gasteiger partial charge in [-0.1, -0.05) is 45.0 Å². The summed E-state index contributed by atoms with van der Waals surface area (Å²) in [6.07, 6.45) is 0.890. The van der Waals surface area contributed by atoms with E-state index in [1.54, 1.807) is 4.72 Å². The first-order chi connectivity index (χ1) is 13.8. The highest BCUT2D eigenvalue weighted by molar-refractivity contribution is 7.92. The van der Waals surface area contributed by atoms with E-state index in [0.717, 1.165) is 24.0 Å². The van der Waals surface area contributed by atoms with E-state index in [2.05, 4.69) is 38.7 Å². The van der Waals surface area contributed by atoms with Crippen molar-refractivity contribution in [2.24, 2.45) is 0 Å². The smallest absolute Gasteiger partial charge is 0.230 e. The van der Waals surface area contributed by atoms with Crippen LogP contribution in [0.4, 0.5) is 14.5 Å². The first-order valence-corrected chi connectivity index (χ1v) is 11.7. The summed E-state index contributed by atoms with van der Waals surface area (Å²) in [5.74, 6) is -2.44. The van der Waals surface area contributed by atoms with Crippen molar-refractivity contribution in [3.05, 3.63) is 64.7 Å². The van der Waals surface area contributed by atoms with Gasteiger partial charge in [-0.05, 0) is 34.2 Å². The Balaban J connectivity index is 1.97. The van der Waals surface area contributed by atoms with Gasteiger partial charge in [-0.15, -0.1) is 0 Å². The van der Waals surface area contributed by atoms with E-state index in [4.69, 9.17) is 0 Å². The lowest BCUT2D eigenvalue weighted by atomic mass is 9.86. The molecule has 5 nitrogen and oxygen atoms in total. The van der Waals surface area contributed by atoms with E-state index in [-0.39, 0.29) is 35.1 Å². The number of rotatable bonds is 7. The van der Waals surface area contributed by atoms with Crippen molar-refractivity contribution in [1.29, 1.82) is 0 Å². The number of sulfonamides is 1. The van der Waals surface area contributed by atoms with Crippen LogP contribution in [0.5, 0.6) is 0 Å². The van der Waals surface area contributed by atoms with E-state index in [9.17, 15) is 22.0 Å². The fourth-order valence-electron chi connectivity index (χ4n) is 2.78. The standard InChI is InChI=1S/C21H26F2N2O3S2/c1-21(2,3)15-7-5-14(6-8-15)18(29)11-19(26)24-12-13-9-16(22)20(17(23)10-13)25-30(4,27)28/h5-10,18,25,29H,11-12H2,1-4H3,(H,24,26). The van der Waals surface area contributed by atoms with Crippen LogP contribution in [-0.4, -0.2) is 20.6 Å². The third kappa shape index (κ3) is 6.98. The van der Waals surface area contributed by atoms with Crippen molar-refractivity contribution in [3.63, 3.8) is 0 Å². The number of benzene rings is 2. The molecule has 1 atom stereocenters. The number of hydrogen-bond acceptors (Lipinski definition) is 4. The number of carbonyl (C=O) groups excluding carboxylic acids is 1. The quantitative estimate of drug-likeness (QED) is 0.544. The number of carbonyl (C=O) groups is 1. The third-order valence-corrected chi connectivity index (χ3v) is 5.47. The summed E-state index contributed by atoms with van der Waals surface area (Å²) in [5, 5.41) is 2.27. The molecule has 0 aliphatic rings. The molecule has 0 aliphatic heterocycles. The van der Waals surface area contributed by atoms with Gasteiger partial charge in [-0.25, -0.2) is 17.2 Å². The Labute approximate surface area is 181 Å². The molecule has 2 aromatic rings. The summed E-state index contributed by atoms with van der Waals surface area (Å²) < 4.78 is 52.2. The van der Waals surface area contributed by atoms with Crippen LogP contribution in [0.2, 0.25) is 0 Å². The molecule has 2 rings (SSSR count). The minimum absolute atomic E-state index is 0.0267. The van der Waals surface area contributed by atoms with Crippen molar-refractivity contribution < 1.29 is 22.0 Å². The zero-order chi connectivity index (χ0) is 22.7. The maximum atomic E-state index is 14.0. The van der Waals surface area contributed by atoms with Crippen molar-refractivity contribution in [2.75, 3.05) is 11.0 Å². The highest BCUT2D eigenvalue weighted by atomic mass is 32.2. The van der Waals surface area contributed by atoms with Gasteiger partial charge in [0.1, 0.15) is 5.69 Å². The largest absolute Gasteiger partial charge is 0.352 e. The average Bonchev–Trinajstić information content (AvgIpc) is 2.61. The second-order valence-corrected chi connectivity index (χ2v) is 10.5. The summed E-state index contributed by atoms with van der Waals surface area (Å²) >= 11 is 4.49. The Hall–Kier alpha value is -2.13. The summed E-state index contributed by atoms with van der Waals surface area (Å²) in [4.78, 5) is 12.2. The van der Waals surface area contributed by atoms with E-state index in [1.165, 1.54) is 5.56 Å². The van der Waals surface area contributed by atoms with Gasteiger partial charge in [-0.3, -0.25) is 9.52 Å². The number of hydrogen-bond donors (Lipinski definition) is 3. The van der Waals surface area contributed by atoms with Gasteiger partial charge >= 0.3 is 0 Å². The Morgan fingerprint density at radius 1 is 1.10 bits per heavy atom. The number of halogens is 2. The molecule has 30 heavy (non-hydrogen) atoms. The first-order valence-electron chi connectivity index (χ1n) is 9.27. The third-order valence-electron chi connectivity index (χ3n) is 4.42. The second kappa shape index (κ2) is 9.34. The molecule has 0 saturated heterocycles. The molecule has 0 radical (unpaired) electrons. The maximum absolute atomic E-state index is 14.0. The zero-order valence-electron chi connectivity index (χ0n) is 17.3. The van der Waals surface area contributed by atoms with E-state index < -0.39 is 27.3 Å². The molecule has 164 valence electrons. The van der Waals surface area contributed by atoms with Crippen LogP contribution in [0.15, 0.2) is 36.4 Å². The highest BCUT2D eigenvalue weighted by Gasteiger charge is 2.17. The van der Waals surface area contributed by atoms with Crippen LogP contribution < -0.4 is 10.0 Å². The van der Waals surface area contributed by atoms with Crippen molar-refractivity contribution in [3.8, 4) is 0 Å². The number of amides is 1. The molecule has 0 aromatic heterocycles. The fourth-order valence-corrected chi connectivity index (χ4v) is 3.69. The first kappa shape index (κ1) is 24.1. The molecule has 1 amide bonds. The Morgan fingerprint density at radius 2 is 1.63 bits per heavy atom. The molecule has 9 heteroatoms. The molecular formula is C21H26F2N2O3S2. The van der Waals surface area contributed by atoms with Gasteiger partial charge in [0.2, 0.25) is 15.9 Å². The summed E-state index contributed by atoms with van der Waals surface area (Å²) in [5.41, 5.74) is 1.52. The van der Waals surface area contributed by atoms with Gasteiger partial charge in [0, 0.05) is 18.2 Å². The Kier molecular flexibility index (Phi) is 7.52. The molecule has 0 heterocycles. The minimum Gasteiger partial charge on any atom is -0.352 e. The molecule has 0 aliphatic carbocycles. The SMILES string of the molecule is CC(C)(C)c1ccc(C(S)CC(=O)NCc2cc(F)c(NS(C)(=O)=O)c(F)c2)cc1. The molecule has 0 bridgehead atoms. The van der Waals surface area contributed by atoms with Crippen LogP contribution in [-0.2, 0) is 26.8 Å². The summed E-state index contributed by atoms with van der Waals surface area (Å²) in [7, 11) is -3.82.